The standard InChI is InChI=1S/C28H41F3N4O2/c1-19(26(32)36)33(2)25(20-9-4-3-5-10-20)27(37)35-14-8-13-23(35)17-34(18-28(29,30)31)24-15-21-11-6-7-12-22(21)16-24/h6-7,11-12,19-20,23-25H,3-5,8-10,13-18H2,1-2H3,(H2,32,36)/t19-,23-,25-/m0/s1. The van der Waals surface area contributed by atoms with E-state index in [9.17, 15) is 22.8 Å². The van der Waals surface area contributed by atoms with Crippen molar-refractivity contribution in [2.45, 2.75) is 95.1 Å². The summed E-state index contributed by atoms with van der Waals surface area (Å²) in [6.07, 6.45) is 3.36. The first-order valence-corrected chi connectivity index (χ1v) is 13.7. The second kappa shape index (κ2) is 11.7. The number of rotatable bonds is 9. The average Bonchev–Trinajstić information content (AvgIpc) is 3.50. The van der Waals surface area contributed by atoms with Gasteiger partial charge in [0.15, 0.2) is 0 Å². The maximum absolute atomic E-state index is 14.1. The molecular weight excluding hydrogens is 481 g/mol. The molecule has 0 spiro atoms. The summed E-state index contributed by atoms with van der Waals surface area (Å²) in [6.45, 7) is 1.48. The Labute approximate surface area is 218 Å². The number of nitrogens with two attached hydrogens (primary N) is 1. The van der Waals surface area contributed by atoms with Crippen LogP contribution in [0.5, 0.6) is 0 Å². The molecule has 4 rings (SSSR count). The van der Waals surface area contributed by atoms with Gasteiger partial charge in [0, 0.05) is 25.2 Å². The molecule has 0 radical (unpaired) electrons. The molecule has 1 aromatic carbocycles. The first-order chi connectivity index (χ1) is 17.5. The summed E-state index contributed by atoms with van der Waals surface area (Å²) >= 11 is 0. The van der Waals surface area contributed by atoms with Gasteiger partial charge in [-0.2, -0.15) is 13.2 Å². The van der Waals surface area contributed by atoms with Gasteiger partial charge in [-0.3, -0.25) is 19.4 Å². The van der Waals surface area contributed by atoms with E-state index >= 15 is 0 Å². The number of halogens is 3. The van der Waals surface area contributed by atoms with Gasteiger partial charge in [0.05, 0.1) is 18.6 Å². The number of amides is 2. The first kappa shape index (κ1) is 27.9. The van der Waals surface area contributed by atoms with Gasteiger partial charge in [-0.25, -0.2) is 0 Å². The fraction of sp³-hybridized carbons (Fsp3) is 0.714. The summed E-state index contributed by atoms with van der Waals surface area (Å²) in [5.74, 6) is -0.428. The second-order valence-electron chi connectivity index (χ2n) is 11.3. The van der Waals surface area contributed by atoms with Gasteiger partial charge in [0.1, 0.15) is 0 Å². The molecule has 37 heavy (non-hydrogen) atoms. The number of fused-ring (bicyclic) bond motifs is 1. The molecule has 1 saturated heterocycles. The number of hydrogen-bond donors (Lipinski definition) is 1. The molecule has 0 unspecified atom stereocenters. The summed E-state index contributed by atoms with van der Waals surface area (Å²) in [4.78, 5) is 31.3. The van der Waals surface area contributed by atoms with Gasteiger partial charge < -0.3 is 10.6 Å². The number of carbonyl (C=O) groups is 2. The minimum atomic E-state index is -4.32. The Hall–Kier alpha value is -2.13. The lowest BCUT2D eigenvalue weighted by atomic mass is 9.82. The molecule has 9 heteroatoms. The normalized spacial score (nSPS) is 23.0. The molecule has 3 atom stereocenters. The molecule has 1 saturated carbocycles. The van der Waals surface area contributed by atoms with Crippen molar-refractivity contribution in [1.82, 2.24) is 14.7 Å². The number of primary amides is 1. The summed E-state index contributed by atoms with van der Waals surface area (Å²) < 4.78 is 41.1. The van der Waals surface area contributed by atoms with Crippen molar-refractivity contribution >= 4 is 11.8 Å². The number of hydrogen-bond acceptors (Lipinski definition) is 4. The molecule has 2 fully saturated rings. The van der Waals surface area contributed by atoms with Crippen LogP contribution in [0.1, 0.15) is 63.0 Å². The van der Waals surface area contributed by atoms with Crippen LogP contribution in [0.2, 0.25) is 0 Å². The molecule has 2 amide bonds. The zero-order valence-electron chi connectivity index (χ0n) is 22.1. The first-order valence-electron chi connectivity index (χ1n) is 13.7. The average molecular weight is 523 g/mol. The fourth-order valence-corrected chi connectivity index (χ4v) is 6.72. The number of alkyl halides is 3. The van der Waals surface area contributed by atoms with E-state index in [4.69, 9.17) is 5.73 Å². The van der Waals surface area contributed by atoms with E-state index in [1.807, 2.05) is 29.2 Å². The quantitative estimate of drug-likeness (QED) is 0.536. The number of benzene rings is 1. The lowest BCUT2D eigenvalue weighted by Crippen LogP contribution is -2.58. The molecule has 3 aliphatic rings. The smallest absolute Gasteiger partial charge is 0.368 e. The molecule has 6 nitrogen and oxygen atoms in total. The minimum absolute atomic E-state index is 0.0633. The Morgan fingerprint density at radius 3 is 2.24 bits per heavy atom. The van der Waals surface area contributed by atoms with E-state index in [2.05, 4.69) is 0 Å². The second-order valence-corrected chi connectivity index (χ2v) is 11.3. The van der Waals surface area contributed by atoms with Crippen LogP contribution in [-0.2, 0) is 22.4 Å². The Morgan fingerprint density at radius 2 is 1.68 bits per heavy atom. The lowest BCUT2D eigenvalue weighted by Gasteiger charge is -2.42. The van der Waals surface area contributed by atoms with Gasteiger partial charge >= 0.3 is 6.18 Å². The van der Waals surface area contributed by atoms with E-state index in [-0.39, 0.29) is 30.5 Å². The highest BCUT2D eigenvalue weighted by Gasteiger charge is 2.43. The van der Waals surface area contributed by atoms with Crippen molar-refractivity contribution in [2.75, 3.05) is 26.7 Å². The third-order valence-electron chi connectivity index (χ3n) is 8.84. The largest absolute Gasteiger partial charge is 0.401 e. The number of nitrogens with zero attached hydrogens (tertiary/aromatic N) is 3. The maximum atomic E-state index is 14.1. The third kappa shape index (κ3) is 6.66. The van der Waals surface area contributed by atoms with Gasteiger partial charge in [-0.05, 0) is 69.5 Å². The van der Waals surface area contributed by atoms with E-state index in [1.54, 1.807) is 23.8 Å². The fourth-order valence-electron chi connectivity index (χ4n) is 6.72. The highest BCUT2D eigenvalue weighted by Crippen LogP contribution is 2.34. The predicted molar refractivity (Wildman–Crippen MR) is 137 cm³/mol. The van der Waals surface area contributed by atoms with E-state index < -0.39 is 30.7 Å². The van der Waals surface area contributed by atoms with Crippen LogP contribution in [0.4, 0.5) is 13.2 Å². The minimum Gasteiger partial charge on any atom is -0.368 e. The zero-order chi connectivity index (χ0) is 26.7. The monoisotopic (exact) mass is 522 g/mol. The number of likely N-dealkylation sites (tertiary alicyclic amines) is 1. The van der Waals surface area contributed by atoms with Gasteiger partial charge in [-0.15, -0.1) is 0 Å². The SMILES string of the molecule is C[C@@H](C(N)=O)N(C)[C@H](C(=O)N1CCC[C@H]1CN(CC(F)(F)F)C1Cc2ccccc2C1)C1CCCCC1. The van der Waals surface area contributed by atoms with Crippen LogP contribution in [-0.4, -0.2) is 83.5 Å². The van der Waals surface area contributed by atoms with Crippen LogP contribution < -0.4 is 5.73 Å². The van der Waals surface area contributed by atoms with Crippen LogP contribution >= 0.6 is 0 Å². The summed E-state index contributed by atoms with van der Waals surface area (Å²) in [5.41, 5.74) is 7.82. The highest BCUT2D eigenvalue weighted by atomic mass is 19.4. The Balaban J connectivity index is 1.53. The molecule has 2 aliphatic carbocycles. The van der Waals surface area contributed by atoms with Crippen LogP contribution in [0.3, 0.4) is 0 Å². The predicted octanol–water partition coefficient (Wildman–Crippen LogP) is 3.76. The van der Waals surface area contributed by atoms with Crippen molar-refractivity contribution in [1.29, 1.82) is 0 Å². The summed E-state index contributed by atoms with van der Waals surface area (Å²) in [6, 6.07) is 6.26. The lowest BCUT2D eigenvalue weighted by molar-refractivity contribution is -0.154. The molecular formula is C28H41F3N4O2. The van der Waals surface area contributed by atoms with Crippen molar-refractivity contribution in [3.05, 3.63) is 35.4 Å². The summed E-state index contributed by atoms with van der Waals surface area (Å²) in [5, 5.41) is 0. The van der Waals surface area contributed by atoms with Gasteiger partial charge in [-0.1, -0.05) is 43.5 Å². The molecule has 1 heterocycles. The molecule has 0 aromatic heterocycles. The summed E-state index contributed by atoms with van der Waals surface area (Å²) in [7, 11) is 1.78. The molecule has 0 bridgehead atoms. The van der Waals surface area contributed by atoms with Crippen LogP contribution in [0, 0.1) is 5.92 Å². The molecule has 1 aromatic rings. The van der Waals surface area contributed by atoms with Gasteiger partial charge in [0.25, 0.3) is 0 Å². The third-order valence-corrected chi connectivity index (χ3v) is 8.84. The molecule has 1 aliphatic heterocycles. The van der Waals surface area contributed by atoms with E-state index in [0.29, 0.717) is 25.8 Å². The van der Waals surface area contributed by atoms with Gasteiger partial charge in [0.2, 0.25) is 11.8 Å². The Morgan fingerprint density at radius 1 is 1.05 bits per heavy atom. The Bertz CT molecular complexity index is 925. The maximum Gasteiger partial charge on any atom is 0.401 e. The van der Waals surface area contributed by atoms with Crippen molar-refractivity contribution < 1.29 is 22.8 Å². The van der Waals surface area contributed by atoms with Crippen molar-refractivity contribution in [2.24, 2.45) is 11.7 Å². The Kier molecular flexibility index (Phi) is 8.84. The van der Waals surface area contributed by atoms with Crippen LogP contribution in [0.25, 0.3) is 0 Å². The van der Waals surface area contributed by atoms with E-state index in [1.165, 1.54) is 0 Å². The topological polar surface area (TPSA) is 69.9 Å². The molecule has 206 valence electrons. The van der Waals surface area contributed by atoms with Crippen LogP contribution in [0.15, 0.2) is 24.3 Å². The number of carbonyl (C=O) groups excluding carboxylic acids is 2. The highest BCUT2D eigenvalue weighted by molar-refractivity contribution is 5.85. The molecule has 2 N–H and O–H groups in total. The number of likely N-dealkylation sites (N-methyl/N-ethyl adjacent to an activating group) is 1. The van der Waals surface area contributed by atoms with Crippen molar-refractivity contribution in [3.8, 4) is 0 Å². The van der Waals surface area contributed by atoms with E-state index in [0.717, 1.165) is 49.7 Å². The van der Waals surface area contributed by atoms with Crippen molar-refractivity contribution in [3.63, 3.8) is 0 Å². The zero-order valence-corrected chi connectivity index (χ0v) is 22.1.